The summed E-state index contributed by atoms with van der Waals surface area (Å²) in [5, 5.41) is 8.65. The van der Waals surface area contributed by atoms with Gasteiger partial charge in [0.05, 0.1) is 6.54 Å². The van der Waals surface area contributed by atoms with Gasteiger partial charge in [-0.3, -0.25) is 9.59 Å². The van der Waals surface area contributed by atoms with E-state index in [1.54, 1.807) is 24.3 Å². The average molecular weight is 390 g/mol. The van der Waals surface area contributed by atoms with Crippen molar-refractivity contribution in [2.75, 3.05) is 17.2 Å². The lowest BCUT2D eigenvalue weighted by molar-refractivity contribution is -0.114. The zero-order chi connectivity index (χ0) is 17.5. The van der Waals surface area contributed by atoms with Crippen LogP contribution in [0.25, 0.3) is 0 Å². The van der Waals surface area contributed by atoms with Crippen molar-refractivity contribution in [2.45, 2.75) is 19.9 Å². The number of carbonyl (C=O) groups excluding carboxylic acids is 2. The fourth-order valence-corrected chi connectivity index (χ4v) is 2.30. The Morgan fingerprint density at radius 2 is 1.75 bits per heavy atom. The summed E-state index contributed by atoms with van der Waals surface area (Å²) >= 11 is 3.36. The van der Waals surface area contributed by atoms with Crippen LogP contribution in [0.2, 0.25) is 0 Å². The Labute approximate surface area is 150 Å². The number of rotatable bonds is 6. The van der Waals surface area contributed by atoms with E-state index in [-0.39, 0.29) is 24.4 Å². The van der Waals surface area contributed by atoms with Gasteiger partial charge in [-0.25, -0.2) is 0 Å². The zero-order valence-electron chi connectivity index (χ0n) is 13.6. The first-order valence-electron chi connectivity index (χ1n) is 7.64. The maximum atomic E-state index is 12.0. The van der Waals surface area contributed by atoms with Gasteiger partial charge >= 0.3 is 0 Å². The van der Waals surface area contributed by atoms with Crippen LogP contribution in [-0.4, -0.2) is 24.4 Å². The molecule has 24 heavy (non-hydrogen) atoms. The number of anilines is 2. The summed E-state index contributed by atoms with van der Waals surface area (Å²) in [4.78, 5) is 24.0. The highest BCUT2D eigenvalue weighted by molar-refractivity contribution is 9.10. The van der Waals surface area contributed by atoms with Crippen molar-refractivity contribution in [3.05, 3.63) is 58.6 Å². The smallest absolute Gasteiger partial charge is 0.251 e. The van der Waals surface area contributed by atoms with Gasteiger partial charge in [0.15, 0.2) is 0 Å². The first-order chi connectivity index (χ1) is 11.4. The van der Waals surface area contributed by atoms with Crippen LogP contribution in [0.3, 0.4) is 0 Å². The van der Waals surface area contributed by atoms with Crippen molar-refractivity contribution in [3.63, 3.8) is 0 Å². The Morgan fingerprint density at radius 1 is 1.04 bits per heavy atom. The van der Waals surface area contributed by atoms with Gasteiger partial charge in [-0.1, -0.05) is 22.0 Å². The Bertz CT molecular complexity index is 714. The monoisotopic (exact) mass is 389 g/mol. The van der Waals surface area contributed by atoms with Crippen molar-refractivity contribution in [2.24, 2.45) is 0 Å². The summed E-state index contributed by atoms with van der Waals surface area (Å²) in [6, 6.07) is 14.5. The summed E-state index contributed by atoms with van der Waals surface area (Å²) in [5.74, 6) is -0.339. The Morgan fingerprint density at radius 3 is 2.42 bits per heavy atom. The van der Waals surface area contributed by atoms with Crippen molar-refractivity contribution in [1.29, 1.82) is 0 Å². The molecule has 0 bridgehead atoms. The van der Waals surface area contributed by atoms with Gasteiger partial charge in [0, 0.05) is 27.5 Å². The molecule has 126 valence electrons. The molecule has 0 aliphatic carbocycles. The lowest BCUT2D eigenvalue weighted by Gasteiger charge is -2.11. The largest absolute Gasteiger partial charge is 0.376 e. The molecule has 0 spiro atoms. The van der Waals surface area contributed by atoms with Crippen LogP contribution in [0.15, 0.2) is 53.0 Å². The molecular formula is C18H20BrN3O2. The summed E-state index contributed by atoms with van der Waals surface area (Å²) in [7, 11) is 0. The van der Waals surface area contributed by atoms with E-state index < -0.39 is 0 Å². The summed E-state index contributed by atoms with van der Waals surface area (Å²) in [6.45, 7) is 3.94. The molecule has 2 aromatic carbocycles. The first kappa shape index (κ1) is 18.0. The van der Waals surface area contributed by atoms with Gasteiger partial charge in [0.2, 0.25) is 5.91 Å². The summed E-state index contributed by atoms with van der Waals surface area (Å²) in [6.07, 6.45) is 0. The van der Waals surface area contributed by atoms with E-state index in [0.29, 0.717) is 11.3 Å². The second kappa shape index (κ2) is 8.49. The minimum atomic E-state index is -0.181. The topological polar surface area (TPSA) is 70.2 Å². The maximum Gasteiger partial charge on any atom is 0.251 e. The lowest BCUT2D eigenvalue weighted by Crippen LogP contribution is -2.30. The highest BCUT2D eigenvalue weighted by atomic mass is 79.9. The van der Waals surface area contributed by atoms with Crippen LogP contribution in [0.5, 0.6) is 0 Å². The number of nitrogens with one attached hydrogen (secondary N) is 3. The van der Waals surface area contributed by atoms with E-state index in [1.165, 1.54) is 0 Å². The van der Waals surface area contributed by atoms with Crippen LogP contribution in [0.4, 0.5) is 11.4 Å². The molecule has 0 saturated carbocycles. The number of hydrogen-bond donors (Lipinski definition) is 3. The molecule has 0 unspecified atom stereocenters. The SMILES string of the molecule is CC(C)NC(=O)c1cccc(NC(=O)CNc2ccc(Br)cc2)c1. The minimum Gasteiger partial charge on any atom is -0.376 e. The Hall–Kier alpha value is -2.34. The van der Waals surface area contributed by atoms with Gasteiger partial charge in [0.1, 0.15) is 0 Å². The summed E-state index contributed by atoms with van der Waals surface area (Å²) in [5.41, 5.74) is 1.97. The molecule has 0 atom stereocenters. The number of carbonyl (C=O) groups is 2. The van der Waals surface area contributed by atoms with Crippen molar-refractivity contribution in [3.8, 4) is 0 Å². The molecule has 5 nitrogen and oxygen atoms in total. The molecule has 6 heteroatoms. The molecule has 0 aromatic heterocycles. The van der Waals surface area contributed by atoms with Crippen LogP contribution < -0.4 is 16.0 Å². The van der Waals surface area contributed by atoms with Gasteiger partial charge in [-0.15, -0.1) is 0 Å². The van der Waals surface area contributed by atoms with E-state index in [1.807, 2.05) is 38.1 Å². The molecule has 0 saturated heterocycles. The van der Waals surface area contributed by atoms with Gasteiger partial charge < -0.3 is 16.0 Å². The molecule has 0 fully saturated rings. The fourth-order valence-electron chi connectivity index (χ4n) is 2.04. The Balaban J connectivity index is 1.91. The second-order valence-electron chi connectivity index (χ2n) is 5.62. The second-order valence-corrected chi connectivity index (χ2v) is 6.53. The van der Waals surface area contributed by atoms with E-state index in [2.05, 4.69) is 31.9 Å². The standard InChI is InChI=1S/C18H20BrN3O2/c1-12(2)21-18(24)13-4-3-5-16(10-13)22-17(23)11-20-15-8-6-14(19)7-9-15/h3-10,12,20H,11H2,1-2H3,(H,21,24)(H,22,23). The van der Waals surface area contributed by atoms with Crippen LogP contribution >= 0.6 is 15.9 Å². The highest BCUT2D eigenvalue weighted by Crippen LogP contribution is 2.14. The number of halogens is 1. The molecule has 0 aliphatic heterocycles. The van der Waals surface area contributed by atoms with Crippen molar-refractivity contribution >= 4 is 39.1 Å². The van der Waals surface area contributed by atoms with E-state index in [9.17, 15) is 9.59 Å². The molecule has 3 N–H and O–H groups in total. The third-order valence-corrected chi connectivity index (χ3v) is 3.65. The van der Waals surface area contributed by atoms with Gasteiger partial charge in [0.25, 0.3) is 5.91 Å². The predicted octanol–water partition coefficient (Wildman–Crippen LogP) is 3.64. The molecule has 2 rings (SSSR count). The minimum absolute atomic E-state index is 0.0610. The fraction of sp³-hybridized carbons (Fsp3) is 0.222. The van der Waals surface area contributed by atoms with Crippen molar-refractivity contribution < 1.29 is 9.59 Å². The first-order valence-corrected chi connectivity index (χ1v) is 8.43. The predicted molar refractivity (Wildman–Crippen MR) is 100 cm³/mol. The third-order valence-electron chi connectivity index (χ3n) is 3.13. The quantitative estimate of drug-likeness (QED) is 0.706. The van der Waals surface area contributed by atoms with E-state index in [4.69, 9.17) is 0 Å². The molecule has 2 aromatic rings. The zero-order valence-corrected chi connectivity index (χ0v) is 15.2. The highest BCUT2D eigenvalue weighted by Gasteiger charge is 2.09. The van der Waals surface area contributed by atoms with Crippen molar-refractivity contribution in [1.82, 2.24) is 5.32 Å². The van der Waals surface area contributed by atoms with Crippen LogP contribution in [0.1, 0.15) is 24.2 Å². The Kier molecular flexibility index (Phi) is 6.37. The summed E-state index contributed by atoms with van der Waals surface area (Å²) < 4.78 is 0.981. The molecule has 0 heterocycles. The van der Waals surface area contributed by atoms with E-state index >= 15 is 0 Å². The number of benzene rings is 2. The maximum absolute atomic E-state index is 12.0. The van der Waals surface area contributed by atoms with Crippen LogP contribution in [0, 0.1) is 0 Å². The molecule has 0 aliphatic rings. The molecule has 2 amide bonds. The van der Waals surface area contributed by atoms with E-state index in [0.717, 1.165) is 10.2 Å². The third kappa shape index (κ3) is 5.70. The normalized spacial score (nSPS) is 10.3. The number of amides is 2. The molecule has 0 radical (unpaired) electrons. The van der Waals surface area contributed by atoms with Gasteiger partial charge in [-0.05, 0) is 56.3 Å². The molecular weight excluding hydrogens is 370 g/mol. The van der Waals surface area contributed by atoms with Crippen LogP contribution in [-0.2, 0) is 4.79 Å². The average Bonchev–Trinajstić information content (AvgIpc) is 2.54. The van der Waals surface area contributed by atoms with Gasteiger partial charge in [-0.2, -0.15) is 0 Å². The lowest BCUT2D eigenvalue weighted by atomic mass is 10.1. The number of hydrogen-bond acceptors (Lipinski definition) is 3.